The Morgan fingerprint density at radius 3 is 2.28 bits per heavy atom. The molecule has 0 aromatic heterocycles. The van der Waals surface area contributed by atoms with Gasteiger partial charge in [0.2, 0.25) is 0 Å². The van der Waals surface area contributed by atoms with Crippen LogP contribution in [0.25, 0.3) is 0 Å². The molecule has 5 heteroatoms. The van der Waals surface area contributed by atoms with E-state index in [1.807, 2.05) is 0 Å². The van der Waals surface area contributed by atoms with Gasteiger partial charge in [-0.05, 0) is 93.8 Å². The Labute approximate surface area is 237 Å². The van der Waals surface area contributed by atoms with Crippen molar-refractivity contribution in [3.63, 3.8) is 0 Å². The number of aliphatic hydroxyl groups is 1. The van der Waals surface area contributed by atoms with E-state index < -0.39 is 5.79 Å². The first-order valence-electron chi connectivity index (χ1n) is 16.5. The SMILES string of the molecule is CCOC1(O[C@@]2(CC)CC[C@H]3[C@@H]4[C@H](C)C=C5[C@H](C)[C@@H](OC(C)=O)CC[C@]5(CO)[C@H]4CC[C@@]32C)CCCCCC1. The van der Waals surface area contributed by atoms with Crippen LogP contribution in [0, 0.1) is 40.4 Å². The molecule has 0 spiro atoms. The van der Waals surface area contributed by atoms with E-state index in [0.29, 0.717) is 30.3 Å². The molecule has 222 valence electrons. The maximum atomic E-state index is 11.8. The van der Waals surface area contributed by atoms with E-state index in [0.717, 1.165) is 51.4 Å². The van der Waals surface area contributed by atoms with Gasteiger partial charge in [0.25, 0.3) is 0 Å². The van der Waals surface area contributed by atoms with E-state index in [1.54, 1.807) is 0 Å². The van der Waals surface area contributed by atoms with Gasteiger partial charge < -0.3 is 19.3 Å². The fourth-order valence-corrected chi connectivity index (χ4v) is 10.9. The van der Waals surface area contributed by atoms with Crippen molar-refractivity contribution in [3.05, 3.63) is 11.6 Å². The summed E-state index contributed by atoms with van der Waals surface area (Å²) in [7, 11) is 0. The average molecular weight is 545 g/mol. The molecule has 5 aliphatic carbocycles. The zero-order valence-corrected chi connectivity index (χ0v) is 25.7. The van der Waals surface area contributed by atoms with Crippen molar-refractivity contribution in [1.29, 1.82) is 0 Å². The zero-order valence-electron chi connectivity index (χ0n) is 25.7. The molecule has 39 heavy (non-hydrogen) atoms. The Morgan fingerprint density at radius 2 is 1.67 bits per heavy atom. The summed E-state index contributed by atoms with van der Waals surface area (Å²) >= 11 is 0. The highest BCUT2D eigenvalue weighted by Crippen LogP contribution is 2.70. The van der Waals surface area contributed by atoms with Crippen molar-refractivity contribution in [2.24, 2.45) is 40.4 Å². The number of aliphatic hydroxyl groups excluding tert-OH is 1. The van der Waals surface area contributed by atoms with Gasteiger partial charge in [0.05, 0.1) is 12.2 Å². The van der Waals surface area contributed by atoms with Crippen molar-refractivity contribution < 1.29 is 24.1 Å². The summed E-state index contributed by atoms with van der Waals surface area (Å²) in [5.41, 5.74) is 1.14. The second-order valence-electron chi connectivity index (χ2n) is 14.3. The van der Waals surface area contributed by atoms with E-state index in [9.17, 15) is 9.90 Å². The van der Waals surface area contributed by atoms with Crippen molar-refractivity contribution in [2.45, 2.75) is 143 Å². The molecular formula is C34H56O5. The number of esters is 1. The fourth-order valence-electron chi connectivity index (χ4n) is 10.9. The van der Waals surface area contributed by atoms with Crippen LogP contribution >= 0.6 is 0 Å². The Morgan fingerprint density at radius 1 is 0.974 bits per heavy atom. The number of carbonyl (C=O) groups excluding carboxylic acids is 1. The predicted molar refractivity (Wildman–Crippen MR) is 154 cm³/mol. The van der Waals surface area contributed by atoms with Crippen LogP contribution in [0.5, 0.6) is 0 Å². The summed E-state index contributed by atoms with van der Waals surface area (Å²) in [6.45, 7) is 14.1. The molecule has 5 rings (SSSR count). The van der Waals surface area contributed by atoms with Crippen LogP contribution in [0.15, 0.2) is 11.6 Å². The topological polar surface area (TPSA) is 65.0 Å². The quantitative estimate of drug-likeness (QED) is 0.155. The van der Waals surface area contributed by atoms with E-state index in [2.05, 4.69) is 40.7 Å². The van der Waals surface area contributed by atoms with Gasteiger partial charge in [-0.2, -0.15) is 0 Å². The molecule has 1 N–H and O–H groups in total. The molecule has 0 aromatic rings. The van der Waals surface area contributed by atoms with Crippen LogP contribution in [0.1, 0.15) is 125 Å². The molecule has 4 fully saturated rings. The second kappa shape index (κ2) is 11.1. The molecule has 5 aliphatic rings. The van der Waals surface area contributed by atoms with Gasteiger partial charge in [0.1, 0.15) is 6.10 Å². The first-order valence-corrected chi connectivity index (χ1v) is 16.5. The normalized spacial score (nSPS) is 45.4. The number of allylic oxidation sites excluding steroid dienone is 1. The van der Waals surface area contributed by atoms with Gasteiger partial charge in [-0.25, -0.2) is 0 Å². The molecule has 0 heterocycles. The van der Waals surface area contributed by atoms with E-state index in [1.165, 1.54) is 44.6 Å². The van der Waals surface area contributed by atoms with Gasteiger partial charge in [-0.3, -0.25) is 4.79 Å². The number of hydrogen-bond acceptors (Lipinski definition) is 5. The third kappa shape index (κ3) is 4.65. The summed E-state index contributed by atoms with van der Waals surface area (Å²) in [5, 5.41) is 11.1. The maximum Gasteiger partial charge on any atom is 0.302 e. The molecule has 9 atom stereocenters. The highest BCUT2D eigenvalue weighted by Gasteiger charge is 2.67. The number of hydrogen-bond donors (Lipinski definition) is 1. The van der Waals surface area contributed by atoms with Gasteiger partial charge in [0.15, 0.2) is 5.79 Å². The molecule has 0 aromatic carbocycles. The summed E-state index contributed by atoms with van der Waals surface area (Å²) in [6, 6.07) is 0. The lowest BCUT2D eigenvalue weighted by molar-refractivity contribution is -0.321. The Hall–Kier alpha value is -0.910. The van der Waals surface area contributed by atoms with Gasteiger partial charge >= 0.3 is 5.97 Å². The molecular weight excluding hydrogens is 488 g/mol. The monoisotopic (exact) mass is 544 g/mol. The minimum Gasteiger partial charge on any atom is -0.462 e. The summed E-state index contributed by atoms with van der Waals surface area (Å²) in [4.78, 5) is 11.8. The van der Waals surface area contributed by atoms with Crippen LogP contribution in [-0.4, -0.2) is 41.8 Å². The lowest BCUT2D eigenvalue weighted by Crippen LogP contribution is -2.60. The van der Waals surface area contributed by atoms with Gasteiger partial charge in [0, 0.05) is 37.7 Å². The molecule has 0 bridgehead atoms. The standard InChI is InChI=1S/C34H56O5/c1-7-33(39-34(37-8-2)16-11-9-10-12-17-34)20-14-26-30-23(3)21-28-24(4)29(38-25(5)36)15-19-32(28,22-35)27(30)13-18-31(26,33)6/h21,23-24,26-27,29-30,35H,7-20,22H2,1-6H3/t23-,24+,26+,27+,29+,30+,31+,32+,33+/m1/s1. The van der Waals surface area contributed by atoms with Crippen LogP contribution in [-0.2, 0) is 19.0 Å². The molecule has 0 amide bonds. The third-order valence-corrected chi connectivity index (χ3v) is 12.7. The number of fused-ring (bicyclic) bond motifs is 5. The summed E-state index contributed by atoms with van der Waals surface area (Å²) in [6.07, 6.45) is 16.8. The van der Waals surface area contributed by atoms with Crippen LogP contribution in [0.2, 0.25) is 0 Å². The molecule has 5 nitrogen and oxygen atoms in total. The van der Waals surface area contributed by atoms with Crippen molar-refractivity contribution in [3.8, 4) is 0 Å². The van der Waals surface area contributed by atoms with Gasteiger partial charge in [-0.1, -0.05) is 52.2 Å². The van der Waals surface area contributed by atoms with Crippen LogP contribution in [0.3, 0.4) is 0 Å². The van der Waals surface area contributed by atoms with E-state index in [4.69, 9.17) is 14.2 Å². The first kappa shape index (κ1) is 29.6. The zero-order chi connectivity index (χ0) is 28.1. The summed E-state index contributed by atoms with van der Waals surface area (Å²) < 4.78 is 19.8. The van der Waals surface area contributed by atoms with E-state index in [-0.39, 0.29) is 41.0 Å². The minimum absolute atomic E-state index is 0.0759. The third-order valence-electron chi connectivity index (χ3n) is 12.7. The highest BCUT2D eigenvalue weighted by molar-refractivity contribution is 5.66. The van der Waals surface area contributed by atoms with Crippen molar-refractivity contribution in [2.75, 3.05) is 13.2 Å². The van der Waals surface area contributed by atoms with Crippen molar-refractivity contribution in [1.82, 2.24) is 0 Å². The van der Waals surface area contributed by atoms with Crippen LogP contribution in [0.4, 0.5) is 0 Å². The fraction of sp³-hybridized carbons (Fsp3) is 0.912. The van der Waals surface area contributed by atoms with Gasteiger partial charge in [-0.15, -0.1) is 0 Å². The Balaban J connectivity index is 1.47. The van der Waals surface area contributed by atoms with Crippen molar-refractivity contribution >= 4 is 5.97 Å². The highest BCUT2D eigenvalue weighted by atomic mass is 16.7. The number of ether oxygens (including phenoxy) is 3. The largest absolute Gasteiger partial charge is 0.462 e. The lowest BCUT2D eigenvalue weighted by Gasteiger charge is -2.62. The molecule has 0 saturated heterocycles. The smallest absolute Gasteiger partial charge is 0.302 e. The van der Waals surface area contributed by atoms with Crippen LogP contribution < -0.4 is 0 Å². The Bertz CT molecular complexity index is 921. The average Bonchev–Trinajstić information content (AvgIpc) is 3.03. The second-order valence-corrected chi connectivity index (χ2v) is 14.3. The summed E-state index contributed by atoms with van der Waals surface area (Å²) in [5.74, 6) is 1.58. The Kier molecular flexibility index (Phi) is 8.39. The molecule has 0 unspecified atom stereocenters. The molecule has 4 saturated carbocycles. The number of carbonyl (C=O) groups is 1. The molecule has 0 radical (unpaired) electrons. The lowest BCUT2D eigenvalue weighted by atomic mass is 9.44. The maximum absolute atomic E-state index is 11.8. The minimum atomic E-state index is -0.432. The predicted octanol–water partition coefficient (Wildman–Crippen LogP) is 7.60. The first-order chi connectivity index (χ1) is 18.6. The number of rotatable bonds is 7. The molecule has 0 aliphatic heterocycles. The van der Waals surface area contributed by atoms with E-state index >= 15 is 0 Å².